The van der Waals surface area contributed by atoms with Gasteiger partial charge < -0.3 is 0 Å². The van der Waals surface area contributed by atoms with Crippen molar-refractivity contribution in [2.75, 3.05) is 0 Å². The first-order chi connectivity index (χ1) is 8.52. The van der Waals surface area contributed by atoms with E-state index in [9.17, 15) is 9.59 Å². The Morgan fingerprint density at radius 3 is 2.72 bits per heavy atom. The number of nitrogens with one attached hydrogen (secondary N) is 1. The van der Waals surface area contributed by atoms with Crippen molar-refractivity contribution >= 4 is 34.2 Å². The summed E-state index contributed by atoms with van der Waals surface area (Å²) >= 11 is 7.85. The second-order valence-electron chi connectivity index (χ2n) is 3.38. The molecule has 7 heteroatoms. The first-order valence-electron chi connectivity index (χ1n) is 4.74. The molecule has 2 rings (SSSR count). The van der Waals surface area contributed by atoms with Gasteiger partial charge >= 0.3 is 5.69 Å². The lowest BCUT2D eigenvalue weighted by Gasteiger charge is -2.07. The summed E-state index contributed by atoms with van der Waals surface area (Å²) in [6.07, 6.45) is 1.21. The van der Waals surface area contributed by atoms with E-state index in [-0.39, 0.29) is 5.56 Å². The molecule has 1 heterocycles. The second kappa shape index (κ2) is 4.96. The first-order valence-corrected chi connectivity index (χ1v) is 6.20. The number of benzene rings is 1. The van der Waals surface area contributed by atoms with Crippen LogP contribution in [0.4, 0.5) is 0 Å². The molecule has 0 spiro atoms. The van der Waals surface area contributed by atoms with Crippen LogP contribution in [0.15, 0.2) is 34.0 Å². The highest BCUT2D eigenvalue weighted by atomic mass is 127. The van der Waals surface area contributed by atoms with Gasteiger partial charge in [0.05, 0.1) is 5.69 Å². The number of nitriles is 1. The molecule has 0 aliphatic heterocycles. The molecule has 1 aromatic carbocycles. The number of aromatic amines is 1. The normalized spacial score (nSPS) is 10.1. The van der Waals surface area contributed by atoms with Crippen LogP contribution in [-0.4, -0.2) is 9.55 Å². The summed E-state index contributed by atoms with van der Waals surface area (Å²) in [5.41, 5.74) is -0.861. The van der Waals surface area contributed by atoms with Crippen LogP contribution in [0, 0.1) is 14.9 Å². The molecule has 0 unspecified atom stereocenters. The van der Waals surface area contributed by atoms with Crippen LogP contribution in [0.3, 0.4) is 0 Å². The first kappa shape index (κ1) is 12.9. The molecule has 18 heavy (non-hydrogen) atoms. The zero-order valence-electron chi connectivity index (χ0n) is 8.78. The number of hydrogen-bond donors (Lipinski definition) is 1. The Kier molecular flexibility index (Phi) is 3.54. The van der Waals surface area contributed by atoms with Gasteiger partial charge in [0.2, 0.25) is 0 Å². The molecular weight excluding hydrogens is 368 g/mol. The van der Waals surface area contributed by atoms with Gasteiger partial charge in [-0.2, -0.15) is 5.26 Å². The van der Waals surface area contributed by atoms with E-state index in [1.165, 1.54) is 10.8 Å². The predicted octanol–water partition coefficient (Wildman–Crippen LogP) is 1.66. The van der Waals surface area contributed by atoms with Gasteiger partial charge in [0, 0.05) is 14.8 Å². The summed E-state index contributed by atoms with van der Waals surface area (Å²) < 4.78 is 1.94. The summed E-state index contributed by atoms with van der Waals surface area (Å²) in [5, 5.41) is 9.33. The molecule has 1 N–H and O–H groups in total. The highest BCUT2D eigenvalue weighted by molar-refractivity contribution is 14.1. The van der Waals surface area contributed by atoms with E-state index in [1.54, 1.807) is 24.3 Å². The van der Waals surface area contributed by atoms with Gasteiger partial charge in [0.1, 0.15) is 11.6 Å². The number of aromatic nitrogens is 2. The third-order valence-corrected chi connectivity index (χ3v) is 3.33. The van der Waals surface area contributed by atoms with Crippen molar-refractivity contribution in [3.63, 3.8) is 0 Å². The Labute approximate surface area is 120 Å². The van der Waals surface area contributed by atoms with E-state index in [4.69, 9.17) is 16.9 Å². The molecule has 5 nitrogen and oxygen atoms in total. The minimum atomic E-state index is -0.692. The van der Waals surface area contributed by atoms with Gasteiger partial charge in [-0.05, 0) is 40.8 Å². The molecule has 0 radical (unpaired) electrons. The van der Waals surface area contributed by atoms with E-state index in [0.29, 0.717) is 10.7 Å². The maximum atomic E-state index is 11.7. The molecule has 0 aliphatic rings. The van der Waals surface area contributed by atoms with Gasteiger partial charge in [0.25, 0.3) is 5.56 Å². The highest BCUT2D eigenvalue weighted by Crippen LogP contribution is 2.20. The predicted molar refractivity (Wildman–Crippen MR) is 75.1 cm³/mol. The van der Waals surface area contributed by atoms with Crippen LogP contribution in [-0.2, 0) is 0 Å². The number of hydrogen-bond acceptors (Lipinski definition) is 3. The minimum absolute atomic E-state index is 0.125. The zero-order chi connectivity index (χ0) is 13.3. The molecule has 0 aliphatic carbocycles. The molecule has 0 fully saturated rings. The standard InChI is InChI=1S/C11H5ClIN3O2/c12-7-1-2-9(8(13)3-7)16-5-6(4-14)10(17)15-11(16)18/h1-3,5H,(H,15,17,18). The third kappa shape index (κ3) is 2.32. The van der Waals surface area contributed by atoms with Crippen molar-refractivity contribution in [2.45, 2.75) is 0 Å². The zero-order valence-corrected chi connectivity index (χ0v) is 11.7. The van der Waals surface area contributed by atoms with E-state index in [0.717, 1.165) is 3.57 Å². The lowest BCUT2D eigenvalue weighted by atomic mass is 10.3. The Hall–Kier alpha value is -1.59. The average Bonchev–Trinajstić information content (AvgIpc) is 2.30. The largest absolute Gasteiger partial charge is 0.333 e. The Morgan fingerprint density at radius 2 is 2.11 bits per heavy atom. The van der Waals surface area contributed by atoms with Crippen LogP contribution >= 0.6 is 34.2 Å². The van der Waals surface area contributed by atoms with Crippen molar-refractivity contribution in [3.8, 4) is 11.8 Å². The van der Waals surface area contributed by atoms with Crippen LogP contribution in [0.1, 0.15) is 5.56 Å². The summed E-state index contributed by atoms with van der Waals surface area (Å²) in [6, 6.07) is 6.68. The number of halogens is 2. The van der Waals surface area contributed by atoms with Gasteiger partial charge in [-0.25, -0.2) is 4.79 Å². The van der Waals surface area contributed by atoms with E-state index in [2.05, 4.69) is 4.98 Å². The Balaban J connectivity index is 2.76. The van der Waals surface area contributed by atoms with Gasteiger partial charge in [-0.15, -0.1) is 0 Å². The maximum Gasteiger partial charge on any atom is 0.333 e. The molecule has 0 atom stereocenters. The minimum Gasteiger partial charge on any atom is -0.273 e. The summed E-state index contributed by atoms with van der Waals surface area (Å²) in [5.74, 6) is 0. The molecule has 0 amide bonds. The molecule has 0 bridgehead atoms. The molecule has 0 saturated carbocycles. The van der Waals surface area contributed by atoms with Crippen LogP contribution in [0.25, 0.3) is 5.69 Å². The smallest absolute Gasteiger partial charge is 0.273 e. The van der Waals surface area contributed by atoms with Crippen molar-refractivity contribution in [2.24, 2.45) is 0 Å². The summed E-state index contributed by atoms with van der Waals surface area (Å²) in [7, 11) is 0. The van der Waals surface area contributed by atoms with Gasteiger partial charge in [-0.3, -0.25) is 14.3 Å². The summed E-state index contributed by atoms with van der Waals surface area (Å²) in [6.45, 7) is 0. The lowest BCUT2D eigenvalue weighted by molar-refractivity contribution is 0.885. The lowest BCUT2D eigenvalue weighted by Crippen LogP contribution is -2.30. The van der Waals surface area contributed by atoms with E-state index >= 15 is 0 Å². The van der Waals surface area contributed by atoms with Crippen LogP contribution in [0.5, 0.6) is 0 Å². The maximum absolute atomic E-state index is 11.7. The van der Waals surface area contributed by atoms with Crippen LogP contribution < -0.4 is 11.2 Å². The fourth-order valence-electron chi connectivity index (χ4n) is 1.41. The van der Waals surface area contributed by atoms with Gasteiger partial charge in [-0.1, -0.05) is 11.6 Å². The number of rotatable bonds is 1. The summed E-state index contributed by atoms with van der Waals surface area (Å²) in [4.78, 5) is 25.1. The fraction of sp³-hybridized carbons (Fsp3) is 0. The van der Waals surface area contributed by atoms with Crippen molar-refractivity contribution < 1.29 is 0 Å². The molecule has 0 saturated heterocycles. The monoisotopic (exact) mass is 373 g/mol. The van der Waals surface area contributed by atoms with E-state index < -0.39 is 11.2 Å². The average molecular weight is 374 g/mol. The number of nitrogens with zero attached hydrogens (tertiary/aromatic N) is 2. The third-order valence-electron chi connectivity index (χ3n) is 2.23. The topological polar surface area (TPSA) is 78.7 Å². The number of H-pyrrole nitrogens is 1. The molecule has 2 aromatic rings. The highest BCUT2D eigenvalue weighted by Gasteiger charge is 2.08. The van der Waals surface area contributed by atoms with Crippen molar-refractivity contribution in [3.05, 3.63) is 59.4 Å². The van der Waals surface area contributed by atoms with Gasteiger partial charge in [0.15, 0.2) is 0 Å². The molecule has 1 aromatic heterocycles. The van der Waals surface area contributed by atoms with Crippen LogP contribution in [0.2, 0.25) is 5.02 Å². The SMILES string of the molecule is N#Cc1cn(-c2ccc(Cl)cc2I)c(=O)[nH]c1=O. The Morgan fingerprint density at radius 1 is 1.39 bits per heavy atom. The van der Waals surface area contributed by atoms with E-state index in [1.807, 2.05) is 22.6 Å². The van der Waals surface area contributed by atoms with Crippen molar-refractivity contribution in [1.29, 1.82) is 5.26 Å². The fourth-order valence-corrected chi connectivity index (χ4v) is 2.54. The molecule has 90 valence electrons. The second-order valence-corrected chi connectivity index (χ2v) is 4.98. The quantitative estimate of drug-likeness (QED) is 0.772. The molecular formula is C11H5ClIN3O2. The van der Waals surface area contributed by atoms with Crippen molar-refractivity contribution in [1.82, 2.24) is 9.55 Å². The Bertz CT molecular complexity index is 773.